The van der Waals surface area contributed by atoms with Gasteiger partial charge < -0.3 is 89.3 Å². The van der Waals surface area contributed by atoms with Gasteiger partial charge in [0.2, 0.25) is 0 Å². The molecule has 7 fully saturated rings. The number of hydrogen-bond donors (Lipinski definition) is 11. The smallest absolute Gasteiger partial charge is 0.187 e. The Morgan fingerprint density at radius 3 is 1.94 bits per heavy atom. The van der Waals surface area contributed by atoms with Crippen LogP contribution in [-0.2, 0) is 33.2 Å². The molecule has 18 nitrogen and oxygen atoms in total. The van der Waals surface area contributed by atoms with Gasteiger partial charge in [-0.3, -0.25) is 0 Å². The van der Waals surface area contributed by atoms with Crippen LogP contribution in [0.15, 0.2) is 11.6 Å². The highest BCUT2D eigenvalue weighted by molar-refractivity contribution is 5.37. The van der Waals surface area contributed by atoms with Crippen molar-refractivity contribution in [2.45, 2.75) is 217 Å². The summed E-state index contributed by atoms with van der Waals surface area (Å²) in [5, 5.41) is 120. The van der Waals surface area contributed by atoms with Crippen molar-refractivity contribution in [2.75, 3.05) is 26.9 Å². The molecule has 0 aromatic heterocycles. The molecule has 0 bridgehead atoms. The maximum atomic E-state index is 12.2. The molecule has 3 aliphatic heterocycles. The Morgan fingerprint density at radius 2 is 1.28 bits per heavy atom. The highest BCUT2D eigenvalue weighted by atomic mass is 16.8. The summed E-state index contributed by atoms with van der Waals surface area (Å²) in [6, 6.07) is 0. The summed E-state index contributed by atoms with van der Waals surface area (Å²) in [7, 11) is 1.79. The molecule has 25 atom stereocenters. The first-order valence-corrected chi connectivity index (χ1v) is 24.7. The van der Waals surface area contributed by atoms with E-state index < -0.39 is 128 Å². The van der Waals surface area contributed by atoms with Gasteiger partial charge in [0.05, 0.1) is 44.2 Å². The zero-order chi connectivity index (χ0) is 49.1. The zero-order valence-corrected chi connectivity index (χ0v) is 40.8. The van der Waals surface area contributed by atoms with E-state index in [2.05, 4.69) is 54.5 Å². The number of allylic oxidation sites excluding steroid dienone is 1. The minimum Gasteiger partial charge on any atom is -0.396 e. The van der Waals surface area contributed by atoms with Crippen molar-refractivity contribution in [3.05, 3.63) is 11.6 Å². The van der Waals surface area contributed by atoms with Crippen LogP contribution in [0.2, 0.25) is 0 Å². The topological polar surface area (TPSA) is 287 Å². The van der Waals surface area contributed by atoms with Gasteiger partial charge in [-0.2, -0.15) is 0 Å². The minimum atomic E-state index is -1.77. The first-order valence-electron chi connectivity index (χ1n) is 24.7. The monoisotopic (exact) mass is 959 g/mol. The average molecular weight is 959 g/mol. The number of hydrogen-bond acceptors (Lipinski definition) is 18. The van der Waals surface area contributed by atoms with Crippen molar-refractivity contribution in [1.82, 2.24) is 0 Å². The van der Waals surface area contributed by atoms with Crippen molar-refractivity contribution >= 4 is 0 Å². The molecule has 3 heterocycles. The van der Waals surface area contributed by atoms with Gasteiger partial charge in [-0.1, -0.05) is 60.1 Å². The van der Waals surface area contributed by atoms with Gasteiger partial charge in [0.15, 0.2) is 18.9 Å². The van der Waals surface area contributed by atoms with Crippen molar-refractivity contribution in [3.8, 4) is 0 Å². The predicted octanol–water partition coefficient (Wildman–Crippen LogP) is 0.237. The second-order valence-corrected chi connectivity index (χ2v) is 24.0. The Kier molecular flexibility index (Phi) is 14.5. The Morgan fingerprint density at radius 1 is 0.657 bits per heavy atom. The largest absolute Gasteiger partial charge is 0.396 e. The van der Waals surface area contributed by atoms with Crippen LogP contribution in [0.4, 0.5) is 0 Å². The Labute approximate surface area is 394 Å². The van der Waals surface area contributed by atoms with E-state index in [-0.39, 0.29) is 52.1 Å². The molecular formula is C49H82O18. The molecule has 0 amide bonds. The van der Waals surface area contributed by atoms with E-state index in [1.54, 1.807) is 7.11 Å². The van der Waals surface area contributed by atoms with E-state index in [0.29, 0.717) is 12.8 Å². The average Bonchev–Trinajstić information content (AvgIpc) is 3.27. The quantitative estimate of drug-likeness (QED) is 0.103. The molecule has 18 heteroatoms. The summed E-state index contributed by atoms with van der Waals surface area (Å²) in [5.41, 5.74) is -0.631. The van der Waals surface area contributed by atoms with Crippen LogP contribution in [0.5, 0.6) is 0 Å². The van der Waals surface area contributed by atoms with Gasteiger partial charge in [0, 0.05) is 18.4 Å². The van der Waals surface area contributed by atoms with E-state index in [9.17, 15) is 56.2 Å². The highest BCUT2D eigenvalue weighted by Gasteiger charge is 2.72. The van der Waals surface area contributed by atoms with Gasteiger partial charge in [0.1, 0.15) is 67.1 Å². The summed E-state index contributed by atoms with van der Waals surface area (Å²) in [6.07, 6.45) is -16.1. The summed E-state index contributed by atoms with van der Waals surface area (Å²) in [4.78, 5) is 0. The SMILES string of the molecule is COC1C=C2C3CC(C)(C)CCC3(CO)C(O)CC2(C)C2(C)CCC3C(C)(C)C(OC4OC(COC5OC(CO)C(O)C(O)C5O)C(OC5OC(C)C(O)C(O)C5O)C(O)C4O)CCC3(C)C12. The molecule has 386 valence electrons. The molecule has 5 aliphatic carbocycles. The third-order valence-electron chi connectivity index (χ3n) is 19.6. The number of fused-ring (bicyclic) bond motifs is 7. The highest BCUT2D eigenvalue weighted by Crippen LogP contribution is 2.76. The summed E-state index contributed by atoms with van der Waals surface area (Å²) in [5.74, 6) is 0.170. The lowest BCUT2D eigenvalue weighted by Crippen LogP contribution is -2.70. The second kappa shape index (κ2) is 18.5. The van der Waals surface area contributed by atoms with Crippen molar-refractivity contribution < 1.29 is 89.3 Å². The fraction of sp³-hybridized carbons (Fsp3) is 0.959. The first kappa shape index (κ1) is 52.3. The second-order valence-electron chi connectivity index (χ2n) is 24.0. The Hall–Kier alpha value is -0.980. The van der Waals surface area contributed by atoms with Crippen LogP contribution in [0.25, 0.3) is 0 Å². The van der Waals surface area contributed by atoms with Gasteiger partial charge in [0.25, 0.3) is 0 Å². The summed E-state index contributed by atoms with van der Waals surface area (Å²) in [6.45, 7) is 16.2. The maximum absolute atomic E-state index is 12.2. The molecule has 25 unspecified atom stereocenters. The van der Waals surface area contributed by atoms with Gasteiger partial charge in [-0.15, -0.1) is 0 Å². The van der Waals surface area contributed by atoms with Crippen LogP contribution in [0.3, 0.4) is 0 Å². The summed E-state index contributed by atoms with van der Waals surface area (Å²) >= 11 is 0. The molecule has 67 heavy (non-hydrogen) atoms. The predicted molar refractivity (Wildman–Crippen MR) is 236 cm³/mol. The standard InChI is InChI=1S/C49H82O18/c1-22-31(53)33(55)37(59)42(63-22)67-39-27(20-62-41-36(58)34(56)32(54)26(19-50)64-41)65-43(38(60)35(39)57)66-30-11-12-46(6)28(45(30,4)5)10-13-47(7)40(46)25(61-9)16-23-24-17-44(2,3)14-15-49(24,21-51)29(52)18-48(23,47)8/h16,22,24-43,50-60H,10-15,17-21H2,1-9H3. The van der Waals surface area contributed by atoms with Crippen molar-refractivity contribution in [2.24, 2.45) is 50.2 Å². The molecule has 11 N–H and O–H groups in total. The molecule has 0 radical (unpaired) electrons. The first-order chi connectivity index (χ1) is 31.3. The Bertz CT molecular complexity index is 1780. The third-order valence-corrected chi connectivity index (χ3v) is 19.6. The van der Waals surface area contributed by atoms with E-state index in [1.165, 1.54) is 12.5 Å². The molecule has 0 spiro atoms. The molecule has 0 aromatic rings. The molecule has 8 rings (SSSR count). The number of aliphatic hydroxyl groups excluding tert-OH is 11. The molecular weight excluding hydrogens is 877 g/mol. The van der Waals surface area contributed by atoms with E-state index >= 15 is 0 Å². The molecule has 8 aliphatic rings. The van der Waals surface area contributed by atoms with Gasteiger partial charge in [-0.25, -0.2) is 0 Å². The van der Waals surface area contributed by atoms with E-state index in [4.69, 9.17) is 33.2 Å². The molecule has 4 saturated carbocycles. The molecule has 0 aromatic carbocycles. The van der Waals surface area contributed by atoms with E-state index in [1.807, 2.05) is 0 Å². The lowest BCUT2D eigenvalue weighted by molar-refractivity contribution is -0.374. The van der Waals surface area contributed by atoms with Crippen LogP contribution >= 0.6 is 0 Å². The number of methoxy groups -OCH3 is 1. The maximum Gasteiger partial charge on any atom is 0.187 e. The van der Waals surface area contributed by atoms with E-state index in [0.717, 1.165) is 38.5 Å². The van der Waals surface area contributed by atoms with Crippen LogP contribution in [0, 0.1) is 50.2 Å². The van der Waals surface area contributed by atoms with Gasteiger partial charge >= 0.3 is 0 Å². The fourth-order valence-corrected chi connectivity index (χ4v) is 15.4. The van der Waals surface area contributed by atoms with Crippen LogP contribution in [-0.4, -0.2) is 194 Å². The third kappa shape index (κ3) is 8.24. The molecule has 3 saturated heterocycles. The normalized spacial score (nSPS) is 55.0. The lowest BCUT2D eigenvalue weighted by Gasteiger charge is -2.73. The minimum absolute atomic E-state index is 0.0218. The number of aliphatic hydroxyl groups is 11. The number of ether oxygens (including phenoxy) is 7. The lowest BCUT2D eigenvalue weighted by atomic mass is 9.33. The van der Waals surface area contributed by atoms with Crippen LogP contribution < -0.4 is 0 Å². The fourth-order valence-electron chi connectivity index (χ4n) is 15.4. The van der Waals surface area contributed by atoms with Gasteiger partial charge in [-0.05, 0) is 97.2 Å². The van der Waals surface area contributed by atoms with Crippen molar-refractivity contribution in [1.29, 1.82) is 0 Å². The Balaban J connectivity index is 1.05. The summed E-state index contributed by atoms with van der Waals surface area (Å²) < 4.78 is 42.9. The van der Waals surface area contributed by atoms with Crippen LogP contribution in [0.1, 0.15) is 107 Å². The van der Waals surface area contributed by atoms with Crippen molar-refractivity contribution in [3.63, 3.8) is 0 Å². The number of rotatable bonds is 10. The zero-order valence-electron chi connectivity index (χ0n) is 40.8.